The second-order valence-electron chi connectivity index (χ2n) is 13.1. The van der Waals surface area contributed by atoms with E-state index in [1.54, 1.807) is 55.4 Å². The van der Waals surface area contributed by atoms with Crippen molar-refractivity contribution in [3.63, 3.8) is 0 Å². The highest BCUT2D eigenvalue weighted by Crippen LogP contribution is 2.42. The van der Waals surface area contributed by atoms with E-state index in [0.29, 0.717) is 44.5 Å². The van der Waals surface area contributed by atoms with Gasteiger partial charge in [0, 0.05) is 12.0 Å². The number of carbonyl (C=O) groups is 5. The van der Waals surface area contributed by atoms with Crippen LogP contribution in [0.3, 0.4) is 0 Å². The van der Waals surface area contributed by atoms with Crippen LogP contribution in [0.1, 0.15) is 80.4 Å². The first-order chi connectivity index (χ1) is 24.6. The summed E-state index contributed by atoms with van der Waals surface area (Å²) in [6.45, 7) is 18.3. The Morgan fingerprint density at radius 2 is 1.47 bits per heavy atom. The van der Waals surface area contributed by atoms with Gasteiger partial charge in [-0.1, -0.05) is 19.6 Å². The Bertz CT molecular complexity index is 2120. The summed E-state index contributed by atoms with van der Waals surface area (Å²) in [6, 6.07) is 1.48. The van der Waals surface area contributed by atoms with Crippen LogP contribution in [0.15, 0.2) is 57.5 Å². The number of benzene rings is 2. The van der Waals surface area contributed by atoms with Crippen molar-refractivity contribution in [3.05, 3.63) is 108 Å². The zero-order chi connectivity index (χ0) is 40.0. The molecule has 2 aliphatic carbocycles. The summed E-state index contributed by atoms with van der Waals surface area (Å²) in [4.78, 5) is 64.7. The maximum Gasteiger partial charge on any atom is 0.351 e. The van der Waals surface area contributed by atoms with Gasteiger partial charge >= 0.3 is 23.9 Å². The third-order valence-electron chi connectivity index (χ3n) is 10.1. The standard InChI is InChI=1S/C40H41BrO12/c1-12-26-24(10)27(13-16(2)29(26)37(46)52-34-21(7)18(4)30(36(44)45)19(5)22(34)8)51-38(47)31-20(6)23(9)35(32(41)33(31)43)53-39(48)40(49)17(3)14-25(42)15-28(40)50-11/h12-15,23,35,43,49H,1H2,2-11H3,(H,44,45)/t23?,35?,40-/m1/s1. The lowest BCUT2D eigenvalue weighted by molar-refractivity contribution is -0.166. The molecule has 2 unspecified atom stereocenters. The minimum atomic E-state index is -2.40. The van der Waals surface area contributed by atoms with Crippen LogP contribution in [0, 0.1) is 47.5 Å². The molecule has 0 saturated heterocycles. The number of aliphatic hydroxyl groups is 2. The second-order valence-corrected chi connectivity index (χ2v) is 14.0. The molecule has 0 aromatic heterocycles. The van der Waals surface area contributed by atoms with Gasteiger partial charge in [-0.05, 0) is 134 Å². The first kappa shape index (κ1) is 40.5. The molecule has 0 heterocycles. The molecule has 0 saturated carbocycles. The van der Waals surface area contributed by atoms with Crippen LogP contribution in [0.25, 0.3) is 6.08 Å². The second kappa shape index (κ2) is 15.0. The van der Waals surface area contributed by atoms with Gasteiger partial charge < -0.3 is 34.3 Å². The number of aromatic carboxylic acids is 1. The highest BCUT2D eigenvalue weighted by Gasteiger charge is 2.50. The smallest absolute Gasteiger partial charge is 0.351 e. The summed E-state index contributed by atoms with van der Waals surface area (Å²) in [7, 11) is 1.19. The number of ketones is 1. The average molecular weight is 794 g/mol. The monoisotopic (exact) mass is 792 g/mol. The number of aliphatic hydroxyl groups excluding tert-OH is 1. The molecule has 2 aromatic rings. The molecule has 0 radical (unpaired) electrons. The molecule has 0 amide bonds. The number of ether oxygens (including phenoxy) is 4. The molecular formula is C40H41BrO12. The molecular weight excluding hydrogens is 752 g/mol. The SMILES string of the molecule is C=Cc1c(C)c(OC(=O)C2=C(C)C(C)C(OC(=O)[C@@]3(O)C(C)=CC(=O)C=C3OC)C(Br)=C2O)cc(C)c1C(=O)Oc1c(C)c(C)c(C(=O)O)c(C)c1C. The van der Waals surface area contributed by atoms with Gasteiger partial charge in [0.1, 0.15) is 34.7 Å². The third-order valence-corrected chi connectivity index (χ3v) is 10.9. The number of methoxy groups -OCH3 is 1. The number of esters is 3. The van der Waals surface area contributed by atoms with Gasteiger partial charge in [0.15, 0.2) is 5.78 Å². The molecule has 12 nitrogen and oxygen atoms in total. The van der Waals surface area contributed by atoms with Crippen molar-refractivity contribution >= 4 is 51.7 Å². The maximum atomic E-state index is 13.7. The molecule has 280 valence electrons. The van der Waals surface area contributed by atoms with E-state index in [-0.39, 0.29) is 44.0 Å². The molecule has 0 aliphatic heterocycles. The minimum absolute atomic E-state index is 0.0233. The van der Waals surface area contributed by atoms with Crippen molar-refractivity contribution < 1.29 is 58.2 Å². The van der Waals surface area contributed by atoms with E-state index in [9.17, 15) is 39.3 Å². The summed E-state index contributed by atoms with van der Waals surface area (Å²) in [5.74, 6) is -5.68. The Morgan fingerprint density at radius 3 is 2.00 bits per heavy atom. The van der Waals surface area contributed by atoms with Gasteiger partial charge in [-0.15, -0.1) is 0 Å². The summed E-state index contributed by atoms with van der Waals surface area (Å²) in [5.41, 5.74) is 1.02. The molecule has 0 bridgehead atoms. The largest absolute Gasteiger partial charge is 0.506 e. The Hall–Kier alpha value is -5.27. The van der Waals surface area contributed by atoms with E-state index < -0.39 is 53.0 Å². The van der Waals surface area contributed by atoms with Crippen LogP contribution in [0.4, 0.5) is 0 Å². The molecule has 2 aromatic carbocycles. The highest BCUT2D eigenvalue weighted by atomic mass is 79.9. The summed E-state index contributed by atoms with van der Waals surface area (Å²) in [6.07, 6.45) is 2.30. The number of hydrogen-bond donors (Lipinski definition) is 3. The molecule has 3 atom stereocenters. The fraction of sp³-hybridized carbons (Fsp3) is 0.325. The van der Waals surface area contributed by atoms with Crippen molar-refractivity contribution in [2.75, 3.05) is 7.11 Å². The van der Waals surface area contributed by atoms with Crippen molar-refractivity contribution in [3.8, 4) is 11.5 Å². The van der Waals surface area contributed by atoms with Gasteiger partial charge in [0.05, 0.1) is 22.7 Å². The highest BCUT2D eigenvalue weighted by molar-refractivity contribution is 9.11. The fourth-order valence-electron chi connectivity index (χ4n) is 6.57. The lowest BCUT2D eigenvalue weighted by Crippen LogP contribution is -2.48. The predicted octanol–water partition coefficient (Wildman–Crippen LogP) is 6.84. The van der Waals surface area contributed by atoms with Crippen molar-refractivity contribution in [1.29, 1.82) is 0 Å². The molecule has 3 N–H and O–H groups in total. The van der Waals surface area contributed by atoms with Gasteiger partial charge in [-0.25, -0.2) is 19.2 Å². The van der Waals surface area contributed by atoms with Crippen LogP contribution in [0.2, 0.25) is 0 Å². The zero-order valence-electron chi connectivity index (χ0n) is 31.1. The van der Waals surface area contributed by atoms with Crippen LogP contribution in [-0.2, 0) is 23.9 Å². The molecule has 2 aliphatic rings. The van der Waals surface area contributed by atoms with Gasteiger partial charge in [-0.3, -0.25) is 4.79 Å². The van der Waals surface area contributed by atoms with E-state index in [4.69, 9.17) is 18.9 Å². The molecule has 4 rings (SSSR count). The number of hydrogen-bond acceptors (Lipinski definition) is 11. The van der Waals surface area contributed by atoms with E-state index in [1.807, 2.05) is 0 Å². The Balaban J connectivity index is 1.64. The van der Waals surface area contributed by atoms with Gasteiger partial charge in [-0.2, -0.15) is 0 Å². The normalized spacial score (nSPS) is 20.0. The first-order valence-electron chi connectivity index (χ1n) is 16.4. The van der Waals surface area contributed by atoms with E-state index >= 15 is 0 Å². The number of carbonyl (C=O) groups excluding carboxylic acids is 4. The average Bonchev–Trinajstić information content (AvgIpc) is 3.09. The minimum Gasteiger partial charge on any atom is -0.506 e. The molecule has 0 fully saturated rings. The van der Waals surface area contributed by atoms with Crippen molar-refractivity contribution in [1.82, 2.24) is 0 Å². The van der Waals surface area contributed by atoms with Gasteiger partial charge in [0.2, 0.25) is 5.60 Å². The first-order valence-corrected chi connectivity index (χ1v) is 17.2. The fourth-order valence-corrected chi connectivity index (χ4v) is 7.26. The van der Waals surface area contributed by atoms with Crippen molar-refractivity contribution in [2.24, 2.45) is 5.92 Å². The lowest BCUT2D eigenvalue weighted by Gasteiger charge is -2.35. The number of aryl methyl sites for hydroxylation is 1. The molecule has 13 heteroatoms. The number of carboxylic acid groups (broad SMARTS) is 1. The van der Waals surface area contributed by atoms with E-state index in [1.165, 1.54) is 26.2 Å². The maximum absolute atomic E-state index is 13.7. The summed E-state index contributed by atoms with van der Waals surface area (Å²) >= 11 is 3.26. The molecule has 53 heavy (non-hydrogen) atoms. The lowest BCUT2D eigenvalue weighted by atomic mass is 9.84. The topological polar surface area (TPSA) is 183 Å². The van der Waals surface area contributed by atoms with E-state index in [2.05, 4.69) is 22.5 Å². The van der Waals surface area contributed by atoms with Gasteiger partial charge in [0.25, 0.3) is 0 Å². The third kappa shape index (κ3) is 6.86. The molecule has 0 spiro atoms. The van der Waals surface area contributed by atoms with Crippen LogP contribution >= 0.6 is 15.9 Å². The number of halogens is 1. The zero-order valence-corrected chi connectivity index (χ0v) is 32.7. The predicted molar refractivity (Wildman–Crippen MR) is 198 cm³/mol. The quantitative estimate of drug-likeness (QED) is 0.178. The summed E-state index contributed by atoms with van der Waals surface area (Å²) < 4.78 is 22.4. The number of carboxylic acids is 1. The number of allylic oxidation sites excluding steroid dienone is 2. The van der Waals surface area contributed by atoms with Crippen LogP contribution < -0.4 is 9.47 Å². The van der Waals surface area contributed by atoms with Crippen LogP contribution in [-0.4, -0.2) is 63.8 Å². The number of rotatable bonds is 9. The Labute approximate surface area is 315 Å². The van der Waals surface area contributed by atoms with Crippen LogP contribution in [0.5, 0.6) is 11.5 Å². The Morgan fingerprint density at radius 1 is 0.887 bits per heavy atom. The Kier molecular flexibility index (Phi) is 11.5. The summed E-state index contributed by atoms with van der Waals surface area (Å²) in [5, 5.41) is 32.3. The van der Waals surface area contributed by atoms with Crippen molar-refractivity contribution in [2.45, 2.75) is 74.0 Å². The van der Waals surface area contributed by atoms with E-state index in [0.717, 1.165) is 12.2 Å².